The molecule has 0 bridgehead atoms. The summed E-state index contributed by atoms with van der Waals surface area (Å²) >= 11 is 0. The van der Waals surface area contributed by atoms with Gasteiger partial charge in [-0.1, -0.05) is 207 Å². The number of fused-ring (bicyclic) bond motifs is 13. The molecule has 8 aromatic rings. The average Bonchev–Trinajstić information content (AvgIpc) is 3.82. The van der Waals surface area contributed by atoms with Gasteiger partial charge in [-0.15, -0.1) is 0 Å². The molecule has 298 valence electrons. The molecule has 0 aliphatic heterocycles. The standard InChI is InChI=1S/C60H53N/c1-57(2,3)40-32-33-46-51(35-40)60(48-28-16-12-24-43(48)44-25-13-17-29-49(44)60)52-36-41(58(4,5)6)37-54(56(46)52)61(42-23-18-22-39(34-42)38-20-10-9-11-21-38)53-31-19-30-50-55(53)45-26-14-15-27-47(45)59(50,7)8/h9-37H,1-8H3. The molecule has 8 aromatic carbocycles. The minimum atomic E-state index is -0.500. The first-order valence-electron chi connectivity index (χ1n) is 22.0. The highest BCUT2D eigenvalue weighted by Crippen LogP contribution is 2.66. The van der Waals surface area contributed by atoms with Crippen molar-refractivity contribution in [2.45, 2.75) is 77.0 Å². The quantitative estimate of drug-likeness (QED) is 0.172. The van der Waals surface area contributed by atoms with E-state index < -0.39 is 5.41 Å². The van der Waals surface area contributed by atoms with Crippen LogP contribution in [-0.4, -0.2) is 0 Å². The van der Waals surface area contributed by atoms with Crippen molar-refractivity contribution in [3.63, 3.8) is 0 Å². The number of hydrogen-bond donors (Lipinski definition) is 0. The monoisotopic (exact) mass is 787 g/mol. The highest BCUT2D eigenvalue weighted by molar-refractivity contribution is 6.04. The molecule has 1 nitrogen and oxygen atoms in total. The smallest absolute Gasteiger partial charge is 0.0726 e. The Morgan fingerprint density at radius 2 is 0.885 bits per heavy atom. The number of hydrogen-bond acceptors (Lipinski definition) is 1. The lowest BCUT2D eigenvalue weighted by Gasteiger charge is -2.35. The molecular weight excluding hydrogens is 735 g/mol. The Morgan fingerprint density at radius 1 is 0.361 bits per heavy atom. The van der Waals surface area contributed by atoms with Crippen molar-refractivity contribution in [3.8, 4) is 44.5 Å². The van der Waals surface area contributed by atoms with Gasteiger partial charge in [-0.2, -0.15) is 0 Å². The van der Waals surface area contributed by atoms with Gasteiger partial charge < -0.3 is 4.90 Å². The molecule has 0 amide bonds. The molecule has 0 atom stereocenters. The van der Waals surface area contributed by atoms with Crippen molar-refractivity contribution in [2.75, 3.05) is 4.90 Å². The van der Waals surface area contributed by atoms with E-state index in [9.17, 15) is 0 Å². The number of anilines is 3. The molecule has 11 rings (SSSR count). The number of nitrogens with zero attached hydrogens (tertiary/aromatic N) is 1. The maximum Gasteiger partial charge on any atom is 0.0726 e. The predicted molar refractivity (Wildman–Crippen MR) is 258 cm³/mol. The van der Waals surface area contributed by atoms with Gasteiger partial charge in [0.1, 0.15) is 0 Å². The van der Waals surface area contributed by atoms with Crippen LogP contribution in [0.5, 0.6) is 0 Å². The lowest BCUT2D eigenvalue weighted by molar-refractivity contribution is 0.586. The van der Waals surface area contributed by atoms with Crippen LogP contribution in [0.2, 0.25) is 0 Å². The van der Waals surface area contributed by atoms with Gasteiger partial charge in [-0.3, -0.25) is 0 Å². The van der Waals surface area contributed by atoms with Gasteiger partial charge in [0.25, 0.3) is 0 Å². The fourth-order valence-electron chi connectivity index (χ4n) is 11.1. The van der Waals surface area contributed by atoms with Crippen LogP contribution in [0.4, 0.5) is 17.1 Å². The molecule has 1 heteroatoms. The minimum absolute atomic E-state index is 0.0310. The third kappa shape index (κ3) is 5.32. The van der Waals surface area contributed by atoms with E-state index in [0.29, 0.717) is 0 Å². The summed E-state index contributed by atoms with van der Waals surface area (Å²) in [7, 11) is 0. The molecule has 1 spiro atoms. The first kappa shape index (κ1) is 37.6. The van der Waals surface area contributed by atoms with Gasteiger partial charge in [-0.05, 0) is 113 Å². The van der Waals surface area contributed by atoms with Crippen LogP contribution < -0.4 is 4.90 Å². The molecule has 0 unspecified atom stereocenters. The summed E-state index contributed by atoms with van der Waals surface area (Å²) in [4.78, 5) is 2.63. The summed E-state index contributed by atoms with van der Waals surface area (Å²) in [6, 6.07) is 67.1. The molecule has 3 aliphatic rings. The van der Waals surface area contributed by atoms with Crippen LogP contribution >= 0.6 is 0 Å². The first-order chi connectivity index (χ1) is 29.3. The van der Waals surface area contributed by atoms with Crippen LogP contribution in [0, 0.1) is 0 Å². The van der Waals surface area contributed by atoms with Crippen molar-refractivity contribution in [2.24, 2.45) is 0 Å². The van der Waals surface area contributed by atoms with Crippen molar-refractivity contribution < 1.29 is 0 Å². The van der Waals surface area contributed by atoms with Gasteiger partial charge >= 0.3 is 0 Å². The predicted octanol–water partition coefficient (Wildman–Crippen LogP) is 16.1. The molecule has 0 heterocycles. The lowest BCUT2D eigenvalue weighted by atomic mass is 9.68. The second kappa shape index (κ2) is 13.0. The van der Waals surface area contributed by atoms with Crippen molar-refractivity contribution >= 4 is 17.1 Å². The van der Waals surface area contributed by atoms with E-state index in [4.69, 9.17) is 0 Å². The Morgan fingerprint density at radius 3 is 1.56 bits per heavy atom. The number of rotatable bonds is 4. The van der Waals surface area contributed by atoms with E-state index in [0.717, 1.165) is 5.69 Å². The SMILES string of the molecule is CC(C)(C)c1ccc2c(c1)C1(c3ccccc3-c3ccccc31)c1cc(C(C)(C)C)cc(N(c3cccc(-c4ccccc4)c3)c3cccc4c3-c3ccccc3C4(C)C)c1-2. The van der Waals surface area contributed by atoms with Crippen LogP contribution in [0.1, 0.15) is 99.9 Å². The molecule has 0 radical (unpaired) electrons. The van der Waals surface area contributed by atoms with E-state index in [1.807, 2.05) is 0 Å². The second-order valence-corrected chi connectivity index (χ2v) is 20.1. The molecule has 0 saturated heterocycles. The maximum atomic E-state index is 2.63. The van der Waals surface area contributed by atoms with E-state index in [-0.39, 0.29) is 16.2 Å². The van der Waals surface area contributed by atoms with Gasteiger partial charge in [-0.25, -0.2) is 0 Å². The molecule has 0 aromatic heterocycles. The van der Waals surface area contributed by atoms with Crippen LogP contribution in [0.25, 0.3) is 44.5 Å². The molecule has 3 aliphatic carbocycles. The second-order valence-electron chi connectivity index (χ2n) is 20.1. The van der Waals surface area contributed by atoms with E-state index in [1.54, 1.807) is 0 Å². The largest absolute Gasteiger partial charge is 0.309 e. The highest BCUT2D eigenvalue weighted by Gasteiger charge is 2.53. The lowest BCUT2D eigenvalue weighted by Crippen LogP contribution is -2.27. The molecule has 61 heavy (non-hydrogen) atoms. The summed E-state index contributed by atoms with van der Waals surface area (Å²) in [6.45, 7) is 18.9. The van der Waals surface area contributed by atoms with E-state index in [1.165, 1.54) is 100 Å². The fourth-order valence-corrected chi connectivity index (χ4v) is 11.1. The third-order valence-corrected chi connectivity index (χ3v) is 14.2. The number of benzene rings is 8. The summed E-state index contributed by atoms with van der Waals surface area (Å²) in [6.07, 6.45) is 0. The van der Waals surface area contributed by atoms with E-state index >= 15 is 0 Å². The maximum absolute atomic E-state index is 2.63. The Balaban J connectivity index is 1.32. The zero-order chi connectivity index (χ0) is 42.1. The van der Waals surface area contributed by atoms with Crippen LogP contribution in [-0.2, 0) is 21.7 Å². The van der Waals surface area contributed by atoms with Crippen LogP contribution in [0.3, 0.4) is 0 Å². The van der Waals surface area contributed by atoms with Gasteiger partial charge in [0.2, 0.25) is 0 Å². The molecule has 0 saturated carbocycles. The Hall–Kier alpha value is -6.44. The molecular formula is C60H53N. The average molecular weight is 788 g/mol. The van der Waals surface area contributed by atoms with Crippen LogP contribution in [0.15, 0.2) is 176 Å². The van der Waals surface area contributed by atoms with E-state index in [2.05, 4.69) is 236 Å². The normalized spacial score (nSPS) is 14.8. The van der Waals surface area contributed by atoms with Crippen molar-refractivity contribution in [3.05, 3.63) is 220 Å². The van der Waals surface area contributed by atoms with Gasteiger partial charge in [0, 0.05) is 22.2 Å². The van der Waals surface area contributed by atoms with Crippen molar-refractivity contribution in [1.29, 1.82) is 0 Å². The summed E-state index contributed by atoms with van der Waals surface area (Å²) in [5.41, 5.74) is 24.0. The fraction of sp³-hybridized carbons (Fsp3) is 0.200. The first-order valence-corrected chi connectivity index (χ1v) is 22.0. The van der Waals surface area contributed by atoms with Gasteiger partial charge in [0.15, 0.2) is 0 Å². The Kier molecular flexibility index (Phi) is 8.02. The Bertz CT molecular complexity index is 3030. The highest BCUT2D eigenvalue weighted by atomic mass is 15.1. The topological polar surface area (TPSA) is 3.24 Å². The van der Waals surface area contributed by atoms with Gasteiger partial charge in [0.05, 0.1) is 16.8 Å². The third-order valence-electron chi connectivity index (χ3n) is 14.2. The Labute approximate surface area is 362 Å². The zero-order valence-electron chi connectivity index (χ0n) is 36.7. The molecule has 0 fully saturated rings. The summed E-state index contributed by atoms with van der Waals surface area (Å²) in [5, 5.41) is 0. The summed E-state index contributed by atoms with van der Waals surface area (Å²) < 4.78 is 0. The summed E-state index contributed by atoms with van der Waals surface area (Å²) in [5.74, 6) is 0. The van der Waals surface area contributed by atoms with Crippen molar-refractivity contribution in [1.82, 2.24) is 0 Å². The minimum Gasteiger partial charge on any atom is -0.309 e. The zero-order valence-corrected chi connectivity index (χ0v) is 36.7. The molecule has 0 N–H and O–H groups in total.